The molecule has 0 spiro atoms. The number of carbonyl (C=O) groups excluding carboxylic acids is 1. The van der Waals surface area contributed by atoms with Gasteiger partial charge < -0.3 is 10.3 Å². The van der Waals surface area contributed by atoms with Gasteiger partial charge in [-0.05, 0) is 51.2 Å². The quantitative estimate of drug-likeness (QED) is 0.224. The number of rotatable bonds is 5. The normalized spacial score (nSPS) is 11.8. The number of hydrogen-bond donors (Lipinski definition) is 2. The zero-order valence-corrected chi connectivity index (χ0v) is 14.0. The van der Waals surface area contributed by atoms with Gasteiger partial charge in [0.15, 0.2) is 6.29 Å². The highest BCUT2D eigenvalue weighted by atomic mass is 16.4. The predicted molar refractivity (Wildman–Crippen MR) is 105 cm³/mol. The number of aromatic hydroxyl groups is 1. The highest BCUT2D eigenvalue weighted by Crippen LogP contribution is 2.35. The van der Waals surface area contributed by atoms with Crippen LogP contribution in [0.5, 0.6) is 5.75 Å². The molecule has 0 unspecified atom stereocenters. The van der Waals surface area contributed by atoms with Crippen molar-refractivity contribution in [3.05, 3.63) is 84.5 Å². The van der Waals surface area contributed by atoms with Gasteiger partial charge in [-0.25, -0.2) is 0 Å². The van der Waals surface area contributed by atoms with Gasteiger partial charge in [0.05, 0.1) is 11.8 Å². The average molecular weight is 343 g/mol. The van der Waals surface area contributed by atoms with E-state index in [0.717, 1.165) is 33.0 Å². The van der Waals surface area contributed by atoms with E-state index in [4.69, 9.17) is 5.21 Å². The summed E-state index contributed by atoms with van der Waals surface area (Å²) in [4.78, 5) is 11.2. The second-order valence-electron chi connectivity index (χ2n) is 5.69. The summed E-state index contributed by atoms with van der Waals surface area (Å²) in [7, 11) is 0. The van der Waals surface area contributed by atoms with Crippen molar-refractivity contribution in [2.45, 2.75) is 0 Å². The first kappa shape index (κ1) is 17.2. The molecule has 4 nitrogen and oxygen atoms in total. The molecule has 0 saturated carbocycles. The Morgan fingerprint density at radius 1 is 1.08 bits per heavy atom. The molecule has 0 heterocycles. The summed E-state index contributed by atoms with van der Waals surface area (Å²) in [6, 6.07) is 16.8. The van der Waals surface area contributed by atoms with Crippen LogP contribution in [0.2, 0.25) is 0 Å². The third-order valence-electron chi connectivity index (χ3n) is 4.22. The van der Waals surface area contributed by atoms with E-state index in [0.29, 0.717) is 6.29 Å². The van der Waals surface area contributed by atoms with Crippen LogP contribution in [0.15, 0.2) is 78.5 Å². The molecule has 0 saturated heterocycles. The molecule has 0 bridgehead atoms. The van der Waals surface area contributed by atoms with E-state index < -0.39 is 0 Å². The number of fused-ring (bicyclic) bond motifs is 1. The van der Waals surface area contributed by atoms with Crippen LogP contribution < -0.4 is 0 Å². The molecular weight excluding hydrogens is 326 g/mol. The van der Waals surface area contributed by atoms with Crippen LogP contribution in [0, 0.1) is 0 Å². The summed E-state index contributed by atoms with van der Waals surface area (Å²) >= 11 is 0. The molecule has 3 rings (SSSR count). The minimum atomic E-state index is -0.0463. The standard InChI is InChI=1S/C22H17NO3/c1-2-15(11-12-23-26)19-7-3-5-16-6-4-8-20(22(16)19)17-9-10-21(25)18(13-17)14-24/h2-14,25-26H,1H2/b15-11+,23-12+. The lowest BCUT2D eigenvalue weighted by Gasteiger charge is -2.13. The Kier molecular flexibility index (Phi) is 4.94. The monoisotopic (exact) mass is 343 g/mol. The van der Waals surface area contributed by atoms with Crippen LogP contribution in [0.3, 0.4) is 0 Å². The minimum absolute atomic E-state index is 0.0463. The van der Waals surface area contributed by atoms with Crippen LogP contribution >= 0.6 is 0 Å². The van der Waals surface area contributed by atoms with Gasteiger partial charge in [-0.15, -0.1) is 0 Å². The van der Waals surface area contributed by atoms with Crippen LogP contribution in [0.1, 0.15) is 15.9 Å². The summed E-state index contributed by atoms with van der Waals surface area (Å²) in [5.74, 6) is -0.0463. The first-order valence-corrected chi connectivity index (χ1v) is 8.00. The van der Waals surface area contributed by atoms with Crippen LogP contribution in [0.4, 0.5) is 0 Å². The van der Waals surface area contributed by atoms with E-state index in [-0.39, 0.29) is 11.3 Å². The second kappa shape index (κ2) is 7.49. The number of phenols is 1. The molecular formula is C22H17NO3. The van der Waals surface area contributed by atoms with Crippen molar-refractivity contribution in [1.29, 1.82) is 0 Å². The number of aldehydes is 1. The van der Waals surface area contributed by atoms with Gasteiger partial charge in [0.2, 0.25) is 0 Å². The van der Waals surface area contributed by atoms with Crippen LogP contribution in [-0.4, -0.2) is 22.8 Å². The highest BCUT2D eigenvalue weighted by Gasteiger charge is 2.11. The van der Waals surface area contributed by atoms with Gasteiger partial charge in [-0.1, -0.05) is 60.3 Å². The summed E-state index contributed by atoms with van der Waals surface area (Å²) in [5.41, 5.74) is 3.71. The Labute approximate surface area is 151 Å². The lowest BCUT2D eigenvalue weighted by molar-refractivity contribution is 0.112. The zero-order valence-electron chi connectivity index (χ0n) is 14.0. The first-order valence-electron chi connectivity index (χ1n) is 8.00. The minimum Gasteiger partial charge on any atom is -0.507 e. The molecule has 0 amide bonds. The maximum absolute atomic E-state index is 11.2. The van der Waals surface area contributed by atoms with Gasteiger partial charge in [-0.2, -0.15) is 0 Å². The molecule has 2 N–H and O–H groups in total. The first-order chi connectivity index (χ1) is 12.7. The van der Waals surface area contributed by atoms with Crippen LogP contribution in [-0.2, 0) is 0 Å². The number of allylic oxidation sites excluding steroid dienone is 3. The van der Waals surface area contributed by atoms with E-state index in [1.54, 1.807) is 24.3 Å². The Balaban J connectivity index is 2.34. The number of nitrogens with zero attached hydrogens (tertiary/aromatic N) is 1. The van der Waals surface area contributed by atoms with Crippen molar-refractivity contribution in [2.24, 2.45) is 5.16 Å². The summed E-state index contributed by atoms with van der Waals surface area (Å²) < 4.78 is 0. The average Bonchev–Trinajstić information content (AvgIpc) is 2.68. The fourth-order valence-electron chi connectivity index (χ4n) is 3.02. The molecule has 0 radical (unpaired) electrons. The maximum atomic E-state index is 11.2. The lowest BCUT2D eigenvalue weighted by atomic mass is 9.90. The maximum Gasteiger partial charge on any atom is 0.153 e. The van der Waals surface area contributed by atoms with E-state index in [2.05, 4.69) is 11.7 Å². The molecule has 4 heteroatoms. The molecule has 3 aromatic carbocycles. The fourth-order valence-corrected chi connectivity index (χ4v) is 3.02. The van der Waals surface area contributed by atoms with Gasteiger partial charge in [-0.3, -0.25) is 4.79 Å². The number of phenolic OH excluding ortho intramolecular Hbond substituents is 1. The molecule has 0 fully saturated rings. The lowest BCUT2D eigenvalue weighted by Crippen LogP contribution is -1.90. The van der Waals surface area contributed by atoms with Crippen molar-refractivity contribution >= 4 is 28.8 Å². The van der Waals surface area contributed by atoms with Crippen molar-refractivity contribution < 1.29 is 15.1 Å². The van der Waals surface area contributed by atoms with Crippen molar-refractivity contribution in [2.75, 3.05) is 0 Å². The third kappa shape index (κ3) is 3.13. The predicted octanol–water partition coefficient (Wildman–Crippen LogP) is 5.05. The Morgan fingerprint density at radius 2 is 1.85 bits per heavy atom. The van der Waals surface area contributed by atoms with Gasteiger partial charge in [0.1, 0.15) is 5.75 Å². The smallest absolute Gasteiger partial charge is 0.153 e. The van der Waals surface area contributed by atoms with Crippen molar-refractivity contribution in [3.63, 3.8) is 0 Å². The van der Waals surface area contributed by atoms with Gasteiger partial charge in [0, 0.05) is 0 Å². The third-order valence-corrected chi connectivity index (χ3v) is 4.22. The van der Waals surface area contributed by atoms with Gasteiger partial charge in [0.25, 0.3) is 0 Å². The largest absolute Gasteiger partial charge is 0.507 e. The van der Waals surface area contributed by atoms with E-state index in [1.165, 1.54) is 12.3 Å². The Hall–Kier alpha value is -3.66. The number of oxime groups is 1. The number of hydrogen-bond acceptors (Lipinski definition) is 4. The van der Waals surface area contributed by atoms with Crippen molar-refractivity contribution in [3.8, 4) is 16.9 Å². The topological polar surface area (TPSA) is 69.9 Å². The Bertz CT molecular complexity index is 1040. The van der Waals surface area contributed by atoms with E-state index in [1.807, 2.05) is 36.4 Å². The summed E-state index contributed by atoms with van der Waals surface area (Å²) in [5, 5.41) is 23.5. The fraction of sp³-hybridized carbons (Fsp3) is 0. The number of benzene rings is 3. The number of carbonyl (C=O) groups is 1. The molecule has 3 aromatic rings. The molecule has 0 aromatic heterocycles. The summed E-state index contributed by atoms with van der Waals surface area (Å²) in [6.07, 6.45) is 5.30. The Morgan fingerprint density at radius 3 is 2.54 bits per heavy atom. The van der Waals surface area contributed by atoms with E-state index >= 15 is 0 Å². The molecule has 0 aliphatic heterocycles. The van der Waals surface area contributed by atoms with Crippen LogP contribution in [0.25, 0.3) is 27.5 Å². The molecule has 0 aliphatic rings. The zero-order chi connectivity index (χ0) is 18.5. The molecule has 26 heavy (non-hydrogen) atoms. The SMILES string of the molecule is C=C/C(=C\C=N\O)c1cccc2cccc(-c3ccc(O)c(C=O)c3)c12. The summed E-state index contributed by atoms with van der Waals surface area (Å²) in [6.45, 7) is 3.85. The van der Waals surface area contributed by atoms with E-state index in [9.17, 15) is 9.90 Å². The molecule has 128 valence electrons. The highest BCUT2D eigenvalue weighted by molar-refractivity contribution is 6.07. The second-order valence-corrected chi connectivity index (χ2v) is 5.69. The van der Waals surface area contributed by atoms with Gasteiger partial charge >= 0.3 is 0 Å². The molecule has 0 atom stereocenters. The molecule has 0 aliphatic carbocycles. The van der Waals surface area contributed by atoms with Crippen molar-refractivity contribution in [1.82, 2.24) is 0 Å².